The van der Waals surface area contributed by atoms with Crippen LogP contribution in [-0.4, -0.2) is 24.1 Å². The van der Waals surface area contributed by atoms with Gasteiger partial charge in [0.1, 0.15) is 11.5 Å². The molecule has 20 heavy (non-hydrogen) atoms. The lowest BCUT2D eigenvalue weighted by Gasteiger charge is -2.40. The van der Waals surface area contributed by atoms with E-state index < -0.39 is 10.7 Å². The molecule has 5 nitrogen and oxygen atoms in total. The molecule has 1 fully saturated rings. The number of benzene rings is 1. The number of nitrogens with zero attached hydrogens (tertiary/aromatic N) is 2. The fourth-order valence-corrected chi connectivity index (χ4v) is 2.93. The lowest BCUT2D eigenvalue weighted by atomic mass is 9.88. The first-order chi connectivity index (χ1) is 9.56. The maximum Gasteiger partial charge on any atom is 0.295 e. The van der Waals surface area contributed by atoms with E-state index in [1.54, 1.807) is 0 Å². The predicted octanol–water partition coefficient (Wildman–Crippen LogP) is 2.69. The molecule has 1 aliphatic heterocycles. The molecule has 1 aromatic rings. The second kappa shape index (κ2) is 6.17. The van der Waals surface area contributed by atoms with Crippen molar-refractivity contribution in [2.75, 3.05) is 18.0 Å². The second-order valence-corrected chi connectivity index (χ2v) is 5.27. The first-order valence-corrected chi connectivity index (χ1v) is 6.97. The highest BCUT2D eigenvalue weighted by Gasteiger charge is 2.30. The molecule has 1 heterocycles. The molecule has 0 saturated carbocycles. The lowest BCUT2D eigenvalue weighted by molar-refractivity contribution is -0.384. The van der Waals surface area contributed by atoms with Gasteiger partial charge in [0.05, 0.1) is 11.0 Å². The average molecular weight is 281 g/mol. The first-order valence-electron chi connectivity index (χ1n) is 6.97. The van der Waals surface area contributed by atoms with Crippen molar-refractivity contribution in [2.24, 2.45) is 11.7 Å². The van der Waals surface area contributed by atoms with Crippen molar-refractivity contribution in [3.8, 4) is 0 Å². The van der Waals surface area contributed by atoms with Crippen LogP contribution in [0.15, 0.2) is 18.2 Å². The van der Waals surface area contributed by atoms with Gasteiger partial charge in [-0.15, -0.1) is 0 Å². The number of halogens is 1. The van der Waals surface area contributed by atoms with Gasteiger partial charge in [0.25, 0.3) is 5.69 Å². The minimum atomic E-state index is -0.590. The van der Waals surface area contributed by atoms with Gasteiger partial charge in [0.2, 0.25) is 0 Å². The normalized spacial score (nSPS) is 22.9. The Morgan fingerprint density at radius 3 is 2.90 bits per heavy atom. The monoisotopic (exact) mass is 281 g/mol. The summed E-state index contributed by atoms with van der Waals surface area (Å²) in [6.45, 7) is 3.33. The molecule has 2 unspecified atom stereocenters. The third-order valence-electron chi connectivity index (χ3n) is 4.12. The van der Waals surface area contributed by atoms with Crippen LogP contribution in [0.3, 0.4) is 0 Å². The van der Waals surface area contributed by atoms with Gasteiger partial charge in [-0.3, -0.25) is 10.1 Å². The van der Waals surface area contributed by atoms with E-state index in [-0.39, 0.29) is 11.7 Å². The van der Waals surface area contributed by atoms with Gasteiger partial charge in [-0.2, -0.15) is 0 Å². The number of rotatable bonds is 4. The van der Waals surface area contributed by atoms with Crippen LogP contribution in [0, 0.1) is 21.8 Å². The standard InChI is InChI=1S/C14H20FN3O2/c1-2-10-5-6-17(12(7-10)9-16)13-4-3-11(15)8-14(13)18(19)20/h3-4,8,10,12H,2,5-7,9,16H2,1H3. The molecule has 0 bridgehead atoms. The summed E-state index contributed by atoms with van der Waals surface area (Å²) in [7, 11) is 0. The SMILES string of the molecule is CCC1CCN(c2ccc(F)cc2[N+](=O)[O-])C(CN)C1. The van der Waals surface area contributed by atoms with Crippen molar-refractivity contribution >= 4 is 11.4 Å². The Hall–Kier alpha value is -1.69. The fraction of sp³-hybridized carbons (Fsp3) is 0.571. The Bertz CT molecular complexity index is 495. The predicted molar refractivity (Wildman–Crippen MR) is 76.3 cm³/mol. The van der Waals surface area contributed by atoms with E-state index in [0.29, 0.717) is 18.2 Å². The molecular formula is C14H20FN3O2. The van der Waals surface area contributed by atoms with Gasteiger partial charge in [-0.1, -0.05) is 13.3 Å². The number of hydrogen-bond acceptors (Lipinski definition) is 4. The van der Waals surface area contributed by atoms with Crippen molar-refractivity contribution in [2.45, 2.75) is 32.2 Å². The molecule has 110 valence electrons. The van der Waals surface area contributed by atoms with E-state index in [0.717, 1.165) is 31.9 Å². The van der Waals surface area contributed by atoms with Crippen molar-refractivity contribution in [3.63, 3.8) is 0 Å². The molecule has 0 aromatic heterocycles. The lowest BCUT2D eigenvalue weighted by Crippen LogP contribution is -2.47. The van der Waals surface area contributed by atoms with Crippen molar-refractivity contribution in [1.29, 1.82) is 0 Å². The molecule has 1 aliphatic rings. The zero-order chi connectivity index (χ0) is 14.7. The van der Waals surface area contributed by atoms with E-state index in [1.807, 2.05) is 4.90 Å². The molecular weight excluding hydrogens is 261 g/mol. The Balaban J connectivity index is 2.33. The quantitative estimate of drug-likeness (QED) is 0.680. The van der Waals surface area contributed by atoms with Gasteiger partial charge in [-0.05, 0) is 30.9 Å². The summed E-state index contributed by atoms with van der Waals surface area (Å²) >= 11 is 0. The topological polar surface area (TPSA) is 72.4 Å². The van der Waals surface area contributed by atoms with Crippen LogP contribution in [0.2, 0.25) is 0 Å². The van der Waals surface area contributed by atoms with Gasteiger partial charge < -0.3 is 10.6 Å². The molecule has 0 aliphatic carbocycles. The maximum atomic E-state index is 13.2. The van der Waals surface area contributed by atoms with Crippen molar-refractivity contribution in [1.82, 2.24) is 0 Å². The third kappa shape index (κ3) is 2.90. The second-order valence-electron chi connectivity index (χ2n) is 5.27. The maximum absolute atomic E-state index is 13.2. The summed E-state index contributed by atoms with van der Waals surface area (Å²) in [5.74, 6) is 0.0208. The summed E-state index contributed by atoms with van der Waals surface area (Å²) in [6.07, 6.45) is 3.01. The molecule has 0 amide bonds. The minimum Gasteiger partial charge on any atom is -0.362 e. The van der Waals surface area contributed by atoms with Crippen molar-refractivity contribution < 1.29 is 9.31 Å². The van der Waals surface area contributed by atoms with Gasteiger partial charge in [0, 0.05) is 19.1 Å². The smallest absolute Gasteiger partial charge is 0.295 e. The number of anilines is 1. The summed E-state index contributed by atoms with van der Waals surface area (Å²) in [6, 6.07) is 3.82. The summed E-state index contributed by atoms with van der Waals surface area (Å²) in [4.78, 5) is 12.5. The molecule has 2 atom stereocenters. The highest BCUT2D eigenvalue weighted by molar-refractivity contribution is 5.64. The molecule has 2 rings (SSSR count). The number of piperidine rings is 1. The zero-order valence-electron chi connectivity index (χ0n) is 11.6. The van der Waals surface area contributed by atoms with Gasteiger partial charge in [-0.25, -0.2) is 4.39 Å². The first kappa shape index (κ1) is 14.7. The van der Waals surface area contributed by atoms with Crippen LogP contribution in [-0.2, 0) is 0 Å². The van der Waals surface area contributed by atoms with Gasteiger partial charge in [0.15, 0.2) is 0 Å². The molecule has 0 spiro atoms. The van der Waals surface area contributed by atoms with E-state index >= 15 is 0 Å². The Labute approximate surface area is 117 Å². The molecule has 0 radical (unpaired) electrons. The Morgan fingerprint density at radius 1 is 1.55 bits per heavy atom. The third-order valence-corrected chi connectivity index (χ3v) is 4.12. The molecule has 1 saturated heterocycles. The van der Waals surface area contributed by atoms with Crippen LogP contribution in [0.1, 0.15) is 26.2 Å². The van der Waals surface area contributed by atoms with Crippen LogP contribution < -0.4 is 10.6 Å². The van der Waals surface area contributed by atoms with Crippen LogP contribution >= 0.6 is 0 Å². The largest absolute Gasteiger partial charge is 0.362 e. The van der Waals surface area contributed by atoms with E-state index in [4.69, 9.17) is 5.73 Å². The van der Waals surface area contributed by atoms with E-state index in [9.17, 15) is 14.5 Å². The fourth-order valence-electron chi connectivity index (χ4n) is 2.93. The number of nitro groups is 1. The molecule has 6 heteroatoms. The minimum absolute atomic E-state index is 0.0814. The summed E-state index contributed by atoms with van der Waals surface area (Å²) in [5, 5.41) is 11.1. The van der Waals surface area contributed by atoms with Crippen LogP contribution in [0.25, 0.3) is 0 Å². The Morgan fingerprint density at radius 2 is 2.30 bits per heavy atom. The molecule has 2 N–H and O–H groups in total. The average Bonchev–Trinajstić information content (AvgIpc) is 2.46. The molecule has 1 aromatic carbocycles. The van der Waals surface area contributed by atoms with Crippen LogP contribution in [0.5, 0.6) is 0 Å². The van der Waals surface area contributed by atoms with Gasteiger partial charge >= 0.3 is 0 Å². The summed E-state index contributed by atoms with van der Waals surface area (Å²) < 4.78 is 13.2. The number of hydrogen-bond donors (Lipinski definition) is 1. The van der Waals surface area contributed by atoms with Crippen molar-refractivity contribution in [3.05, 3.63) is 34.1 Å². The number of nitro benzene ring substituents is 1. The zero-order valence-corrected chi connectivity index (χ0v) is 11.6. The summed E-state index contributed by atoms with van der Waals surface area (Å²) in [5.41, 5.74) is 6.11. The number of nitrogens with two attached hydrogens (primary N) is 1. The highest BCUT2D eigenvalue weighted by Crippen LogP contribution is 2.35. The van der Waals surface area contributed by atoms with E-state index in [2.05, 4.69) is 6.92 Å². The highest BCUT2D eigenvalue weighted by atomic mass is 19.1. The van der Waals surface area contributed by atoms with Crippen LogP contribution in [0.4, 0.5) is 15.8 Å². The Kier molecular flexibility index (Phi) is 4.54. The van der Waals surface area contributed by atoms with E-state index in [1.165, 1.54) is 12.1 Å².